The summed E-state index contributed by atoms with van der Waals surface area (Å²) in [6.45, 7) is -0.596. The first-order valence-electron chi connectivity index (χ1n) is 14.6. The number of carboxylic acid groups (broad SMARTS) is 1. The number of aliphatic carboxylic acids is 1. The van der Waals surface area contributed by atoms with Crippen molar-refractivity contribution in [3.63, 3.8) is 0 Å². The number of rotatable bonds is 13. The van der Waals surface area contributed by atoms with Crippen molar-refractivity contribution < 1.29 is 93.9 Å². The van der Waals surface area contributed by atoms with Crippen molar-refractivity contribution >= 4 is 17.8 Å². The molecule has 0 bridgehead atoms. The number of ether oxygens (including phenoxy) is 6. The molecule has 0 unspecified atom stereocenters. The SMILES string of the molecule is CO[C@@H]1O[C@H](CO)[C@@H](O[13C@@H]2O[13C@H]([13CH2]O)[13C@H](O)[13C@H](O[C@@]3(C(=O)O)[13CH2][C@H](O)[C@@H](NC(C)=O)[C@H]([C@H](O)[C@H](O)CO)O3)[13C@H]2O)[C@H](O)[C@H]1NC(C)=O. The van der Waals surface area contributed by atoms with Crippen LogP contribution in [-0.2, 0) is 42.8 Å². The lowest BCUT2D eigenvalue weighted by Gasteiger charge is -2.50. The highest BCUT2D eigenvalue weighted by atomic mass is 16.9. The fourth-order valence-corrected chi connectivity index (χ4v) is 5.75. The van der Waals surface area contributed by atoms with Crippen LogP contribution in [0.4, 0.5) is 0 Å². The van der Waals surface area contributed by atoms with Crippen LogP contribution in [0.1, 0.15) is 20.3 Å². The Labute approximate surface area is 267 Å². The molecule has 47 heavy (non-hydrogen) atoms. The predicted molar refractivity (Wildman–Crippen MR) is 146 cm³/mol. The van der Waals surface area contributed by atoms with Gasteiger partial charge in [-0.2, -0.15) is 0 Å². The van der Waals surface area contributed by atoms with Crippen molar-refractivity contribution in [2.24, 2.45) is 0 Å². The maximum absolute atomic E-state index is 12.7. The third-order valence-electron chi connectivity index (χ3n) is 8.08. The number of carbonyl (C=O) groups excluding carboxylic acids is 2. The van der Waals surface area contributed by atoms with E-state index >= 15 is 0 Å². The van der Waals surface area contributed by atoms with E-state index in [-0.39, 0.29) is 0 Å². The predicted octanol–water partition coefficient (Wildman–Crippen LogP) is -7.43. The maximum Gasteiger partial charge on any atom is 0.364 e. The average molecular weight is 696 g/mol. The number of hydrogen-bond acceptors (Lipinski definition) is 18. The molecule has 0 saturated carbocycles. The van der Waals surface area contributed by atoms with E-state index in [2.05, 4.69) is 10.6 Å². The number of aliphatic hydroxyl groups is 9. The first-order chi connectivity index (χ1) is 22.0. The molecule has 21 nitrogen and oxygen atoms in total. The Kier molecular flexibility index (Phi) is 13.8. The van der Waals surface area contributed by atoms with Gasteiger partial charge in [0.25, 0.3) is 5.79 Å². The molecule has 21 heteroatoms. The van der Waals surface area contributed by atoms with E-state index in [1.807, 2.05) is 0 Å². The number of aliphatic hydroxyl groups excluding tert-OH is 9. The van der Waals surface area contributed by atoms with Gasteiger partial charge in [0.1, 0.15) is 67.1 Å². The summed E-state index contributed by atoms with van der Waals surface area (Å²) in [4.78, 5) is 36.2. The molecule has 3 saturated heterocycles. The van der Waals surface area contributed by atoms with Crippen LogP contribution in [0.15, 0.2) is 0 Å². The molecule has 272 valence electrons. The number of hydrogen-bond donors (Lipinski definition) is 12. The molecule has 3 aliphatic heterocycles. The monoisotopic (exact) mass is 695 g/mol. The Morgan fingerprint density at radius 3 is 1.94 bits per heavy atom. The van der Waals surface area contributed by atoms with E-state index in [1.165, 1.54) is 7.11 Å². The molecule has 3 heterocycles. The van der Waals surface area contributed by atoms with Crippen LogP contribution in [0.2, 0.25) is 0 Å². The minimum absolute atomic E-state index is 0.601. The summed E-state index contributed by atoms with van der Waals surface area (Å²) in [5, 5.41) is 109. The highest BCUT2D eigenvalue weighted by Crippen LogP contribution is 2.38. The molecule has 12 N–H and O–H groups in total. The van der Waals surface area contributed by atoms with E-state index in [1.54, 1.807) is 0 Å². The van der Waals surface area contributed by atoms with Crippen LogP contribution >= 0.6 is 0 Å². The van der Waals surface area contributed by atoms with Gasteiger partial charge >= 0.3 is 5.97 Å². The molecule has 3 fully saturated rings. The van der Waals surface area contributed by atoms with Gasteiger partial charge in [-0.15, -0.1) is 0 Å². The maximum atomic E-state index is 12.7. The molecule has 0 aromatic heterocycles. The Morgan fingerprint density at radius 2 is 1.43 bits per heavy atom. The molecule has 0 aromatic carbocycles. The number of carbonyl (C=O) groups is 3. The topological polar surface area (TPSA) is 333 Å². The van der Waals surface area contributed by atoms with Crippen molar-refractivity contribution in [2.45, 2.75) is 118 Å². The molecule has 0 aromatic rings. The normalized spacial score (nSPS) is 42.3. The summed E-state index contributed by atoms with van der Waals surface area (Å²) in [6, 6.07) is -2.81. The summed E-state index contributed by atoms with van der Waals surface area (Å²) in [7, 11) is 1.21. The second kappa shape index (κ2) is 16.5. The zero-order valence-electron chi connectivity index (χ0n) is 25.6. The first kappa shape index (κ1) is 39.3. The summed E-state index contributed by atoms with van der Waals surface area (Å²) in [5.41, 5.74) is 0. The Morgan fingerprint density at radius 1 is 0.851 bits per heavy atom. The summed E-state index contributed by atoms with van der Waals surface area (Å²) in [5.74, 6) is -6.33. The molecule has 3 aliphatic rings. The van der Waals surface area contributed by atoms with Crippen LogP contribution in [0.3, 0.4) is 0 Å². The van der Waals surface area contributed by atoms with E-state index in [4.69, 9.17) is 28.4 Å². The minimum atomic E-state index is -3.02. The van der Waals surface area contributed by atoms with Crippen LogP contribution in [-0.4, -0.2) is 193 Å². The largest absolute Gasteiger partial charge is 0.477 e. The first-order valence-corrected chi connectivity index (χ1v) is 14.6. The number of amides is 2. The van der Waals surface area contributed by atoms with E-state index in [0.29, 0.717) is 0 Å². The quantitative estimate of drug-likeness (QED) is 0.0796. The van der Waals surface area contributed by atoms with Crippen molar-refractivity contribution in [1.29, 1.82) is 0 Å². The summed E-state index contributed by atoms with van der Waals surface area (Å²) in [6.07, 6.45) is -24.6. The Hall–Kier alpha value is -2.19. The van der Waals surface area contributed by atoms with Gasteiger partial charge in [0.15, 0.2) is 12.6 Å². The van der Waals surface area contributed by atoms with Gasteiger partial charge in [0, 0.05) is 27.4 Å². The molecule has 16 atom stereocenters. The van der Waals surface area contributed by atoms with Gasteiger partial charge in [-0.05, 0) is 0 Å². The third-order valence-corrected chi connectivity index (χ3v) is 8.08. The lowest BCUT2D eigenvalue weighted by Crippen LogP contribution is -2.71. The molecule has 3 rings (SSSR count). The highest BCUT2D eigenvalue weighted by Gasteiger charge is 2.60. The fraction of sp³-hybridized carbons (Fsp3) is 0.885. The van der Waals surface area contributed by atoms with Crippen LogP contribution < -0.4 is 10.6 Å². The molecule has 0 aliphatic carbocycles. The van der Waals surface area contributed by atoms with Gasteiger partial charge in [0.05, 0.1) is 32.0 Å². The van der Waals surface area contributed by atoms with Gasteiger partial charge in [0.2, 0.25) is 11.8 Å². The number of methoxy groups -OCH3 is 1. The Bertz CT molecular complexity index is 1070. The van der Waals surface area contributed by atoms with E-state index in [9.17, 15) is 65.4 Å². The summed E-state index contributed by atoms with van der Waals surface area (Å²) >= 11 is 0. The van der Waals surface area contributed by atoms with Crippen LogP contribution in [0.5, 0.6) is 0 Å². The zero-order chi connectivity index (χ0) is 35.4. The minimum Gasteiger partial charge on any atom is -0.477 e. The van der Waals surface area contributed by atoms with Crippen molar-refractivity contribution in [2.75, 3.05) is 26.9 Å². The van der Waals surface area contributed by atoms with Gasteiger partial charge < -0.3 is 90.1 Å². The van der Waals surface area contributed by atoms with Crippen LogP contribution in [0, 0.1) is 0 Å². The Balaban J connectivity index is 1.96. The lowest BCUT2D eigenvalue weighted by atomic mass is 9.95. The zero-order valence-corrected chi connectivity index (χ0v) is 25.6. The van der Waals surface area contributed by atoms with Gasteiger partial charge in [-0.25, -0.2) is 4.79 Å². The molecule has 0 spiro atoms. The third kappa shape index (κ3) is 8.52. The lowest BCUT2D eigenvalue weighted by molar-refractivity contribution is -0.382. The van der Waals surface area contributed by atoms with Crippen molar-refractivity contribution in [1.82, 2.24) is 10.6 Å². The summed E-state index contributed by atoms with van der Waals surface area (Å²) < 4.78 is 33.1. The standard InChI is InChI=1S/C26H44N2O19/c1-8(32)27-14-10(34)4-26(25(40)41,46-21(14)16(36)11(35)5-29)47-22-17(37)12(6-30)43-24(19(22)39)45-20-13(7-31)44-23(42-3)15(18(20)38)28-9(2)33/h10-24,29-31,34-39H,4-7H2,1-3H3,(H,27,32)(H,28,33)(H,40,41)/t10-,11+,12+,13+,14+,15+,16+,17-,18+,19+,20+,21+,22-,23+,24-,26+/m0/s1/i4+1,6+1,12+1,17+1,19+1,22+1,24+1. The van der Waals surface area contributed by atoms with Crippen molar-refractivity contribution in [3.8, 4) is 0 Å². The number of nitrogens with one attached hydrogen (secondary N) is 2. The van der Waals surface area contributed by atoms with Gasteiger partial charge in [-0.1, -0.05) is 0 Å². The molecule has 2 amide bonds. The second-order valence-electron chi connectivity index (χ2n) is 11.4. The average Bonchev–Trinajstić information content (AvgIpc) is 3.02. The van der Waals surface area contributed by atoms with E-state index in [0.717, 1.165) is 13.8 Å². The second-order valence-corrected chi connectivity index (χ2v) is 11.4. The molecular weight excluding hydrogens is 651 g/mol. The van der Waals surface area contributed by atoms with E-state index < -0.39 is 142 Å². The smallest absolute Gasteiger partial charge is 0.364 e. The fourth-order valence-electron chi connectivity index (χ4n) is 5.75. The van der Waals surface area contributed by atoms with Crippen molar-refractivity contribution in [3.05, 3.63) is 0 Å². The highest BCUT2D eigenvalue weighted by molar-refractivity contribution is 5.76. The van der Waals surface area contributed by atoms with Crippen LogP contribution in [0.25, 0.3) is 0 Å². The molecule has 0 radical (unpaired) electrons. The van der Waals surface area contributed by atoms with Gasteiger partial charge in [-0.3, -0.25) is 9.59 Å². The number of carboxylic acids is 1. The molecular formula is C26H44N2O19.